The maximum atomic E-state index is 11.8. The van der Waals surface area contributed by atoms with E-state index in [-0.39, 0.29) is 5.78 Å². The molecule has 0 saturated carbocycles. The third-order valence-corrected chi connectivity index (χ3v) is 2.63. The number of methoxy groups -OCH3 is 1. The summed E-state index contributed by atoms with van der Waals surface area (Å²) in [6.45, 7) is 4.92. The zero-order valence-corrected chi connectivity index (χ0v) is 10.3. The van der Waals surface area contributed by atoms with Crippen molar-refractivity contribution in [3.05, 3.63) is 35.4 Å². The van der Waals surface area contributed by atoms with Crippen molar-refractivity contribution in [2.24, 2.45) is 0 Å². The first-order chi connectivity index (χ1) is 7.65. The minimum absolute atomic E-state index is 0.208. The Morgan fingerprint density at radius 2 is 2.12 bits per heavy atom. The van der Waals surface area contributed by atoms with E-state index in [1.165, 1.54) is 5.56 Å². The topological polar surface area (TPSA) is 26.3 Å². The summed E-state index contributed by atoms with van der Waals surface area (Å²) in [7, 11) is 1.66. The standard InChI is InChI=1S/C14H20O2/c1-11(2)12-6-4-7-13(10-12)14(15)8-5-9-16-3/h4,6-7,10-11H,5,8-9H2,1-3H3. The number of hydrogen-bond donors (Lipinski definition) is 0. The second-order valence-electron chi connectivity index (χ2n) is 4.30. The predicted octanol–water partition coefficient (Wildman–Crippen LogP) is 3.42. The lowest BCUT2D eigenvalue weighted by molar-refractivity contribution is 0.0963. The molecule has 0 heterocycles. The monoisotopic (exact) mass is 220 g/mol. The number of Topliss-reactive ketones (excluding diaryl/α,β-unsaturated/α-hetero) is 1. The largest absolute Gasteiger partial charge is 0.385 e. The summed E-state index contributed by atoms with van der Waals surface area (Å²) in [5.74, 6) is 0.672. The number of rotatable bonds is 6. The van der Waals surface area contributed by atoms with Crippen molar-refractivity contribution in [1.29, 1.82) is 0 Å². The van der Waals surface area contributed by atoms with Crippen LogP contribution in [0.4, 0.5) is 0 Å². The van der Waals surface area contributed by atoms with E-state index in [4.69, 9.17) is 4.74 Å². The van der Waals surface area contributed by atoms with E-state index in [1.54, 1.807) is 7.11 Å². The van der Waals surface area contributed by atoms with Crippen molar-refractivity contribution < 1.29 is 9.53 Å². The zero-order chi connectivity index (χ0) is 12.0. The number of ether oxygens (including phenoxy) is 1. The Hall–Kier alpha value is -1.15. The number of carbonyl (C=O) groups is 1. The third kappa shape index (κ3) is 3.78. The molecule has 0 spiro atoms. The Bertz CT molecular complexity index is 342. The smallest absolute Gasteiger partial charge is 0.162 e. The first kappa shape index (κ1) is 12.9. The van der Waals surface area contributed by atoms with Crippen molar-refractivity contribution in [1.82, 2.24) is 0 Å². The zero-order valence-electron chi connectivity index (χ0n) is 10.3. The molecule has 16 heavy (non-hydrogen) atoms. The van der Waals surface area contributed by atoms with Gasteiger partial charge in [0.25, 0.3) is 0 Å². The fraction of sp³-hybridized carbons (Fsp3) is 0.500. The minimum atomic E-state index is 0.208. The van der Waals surface area contributed by atoms with Crippen LogP contribution in [0.2, 0.25) is 0 Å². The Kier molecular flexibility index (Phi) is 5.20. The van der Waals surface area contributed by atoms with Crippen molar-refractivity contribution in [2.45, 2.75) is 32.6 Å². The van der Waals surface area contributed by atoms with Gasteiger partial charge < -0.3 is 4.74 Å². The quantitative estimate of drug-likeness (QED) is 0.542. The van der Waals surface area contributed by atoms with E-state index >= 15 is 0 Å². The summed E-state index contributed by atoms with van der Waals surface area (Å²) < 4.78 is 4.94. The fourth-order valence-corrected chi connectivity index (χ4v) is 1.59. The molecule has 2 nitrogen and oxygen atoms in total. The maximum absolute atomic E-state index is 11.8. The average molecular weight is 220 g/mol. The maximum Gasteiger partial charge on any atom is 0.162 e. The summed E-state index contributed by atoms with van der Waals surface area (Å²) in [4.78, 5) is 11.8. The van der Waals surface area contributed by atoms with Gasteiger partial charge in [0.05, 0.1) is 0 Å². The van der Waals surface area contributed by atoms with E-state index < -0.39 is 0 Å². The van der Waals surface area contributed by atoms with E-state index in [9.17, 15) is 4.79 Å². The second kappa shape index (κ2) is 6.44. The van der Waals surface area contributed by atoms with E-state index in [1.807, 2.05) is 18.2 Å². The average Bonchev–Trinajstić information content (AvgIpc) is 2.29. The van der Waals surface area contributed by atoms with Crippen LogP contribution in [0.5, 0.6) is 0 Å². The van der Waals surface area contributed by atoms with Gasteiger partial charge in [-0.3, -0.25) is 4.79 Å². The molecule has 88 valence electrons. The highest BCUT2D eigenvalue weighted by molar-refractivity contribution is 5.96. The second-order valence-corrected chi connectivity index (χ2v) is 4.30. The van der Waals surface area contributed by atoms with Crippen LogP contribution in [-0.2, 0) is 4.74 Å². The molecule has 1 aromatic carbocycles. The van der Waals surface area contributed by atoms with Gasteiger partial charge >= 0.3 is 0 Å². The molecule has 0 radical (unpaired) electrons. The Labute approximate surface area is 97.6 Å². The van der Waals surface area contributed by atoms with Gasteiger partial charge in [0, 0.05) is 25.7 Å². The summed E-state index contributed by atoms with van der Waals surface area (Å²) >= 11 is 0. The van der Waals surface area contributed by atoms with E-state index in [2.05, 4.69) is 19.9 Å². The van der Waals surface area contributed by atoms with Crippen molar-refractivity contribution in [2.75, 3.05) is 13.7 Å². The molecule has 1 rings (SSSR count). The number of ketones is 1. The van der Waals surface area contributed by atoms with Crippen LogP contribution in [0.1, 0.15) is 48.5 Å². The first-order valence-electron chi connectivity index (χ1n) is 5.77. The van der Waals surface area contributed by atoms with Gasteiger partial charge in [-0.05, 0) is 24.0 Å². The third-order valence-electron chi connectivity index (χ3n) is 2.63. The fourth-order valence-electron chi connectivity index (χ4n) is 1.59. The van der Waals surface area contributed by atoms with E-state index in [0.29, 0.717) is 18.9 Å². The van der Waals surface area contributed by atoms with Crippen LogP contribution in [0.25, 0.3) is 0 Å². The van der Waals surface area contributed by atoms with Crippen molar-refractivity contribution in [3.8, 4) is 0 Å². The van der Waals surface area contributed by atoms with Gasteiger partial charge in [0.1, 0.15) is 0 Å². The van der Waals surface area contributed by atoms with Gasteiger partial charge in [-0.25, -0.2) is 0 Å². The van der Waals surface area contributed by atoms with Crippen molar-refractivity contribution in [3.63, 3.8) is 0 Å². The van der Waals surface area contributed by atoms with Crippen molar-refractivity contribution >= 4 is 5.78 Å². The molecule has 0 saturated heterocycles. The van der Waals surface area contributed by atoms with Crippen LogP contribution in [-0.4, -0.2) is 19.5 Å². The van der Waals surface area contributed by atoms with Crippen LogP contribution < -0.4 is 0 Å². The molecule has 0 bridgehead atoms. The highest BCUT2D eigenvalue weighted by atomic mass is 16.5. The molecule has 0 aliphatic rings. The summed E-state index contributed by atoms with van der Waals surface area (Å²) in [5, 5.41) is 0. The lowest BCUT2D eigenvalue weighted by atomic mass is 9.98. The lowest BCUT2D eigenvalue weighted by Gasteiger charge is -2.07. The molecule has 2 heteroatoms. The Morgan fingerprint density at radius 3 is 2.75 bits per heavy atom. The lowest BCUT2D eigenvalue weighted by Crippen LogP contribution is -2.02. The van der Waals surface area contributed by atoms with Crippen LogP contribution >= 0.6 is 0 Å². The van der Waals surface area contributed by atoms with Gasteiger partial charge in [-0.2, -0.15) is 0 Å². The van der Waals surface area contributed by atoms with Gasteiger partial charge in [-0.1, -0.05) is 32.0 Å². The molecule has 1 aromatic rings. The summed E-state index contributed by atoms with van der Waals surface area (Å²) in [5.41, 5.74) is 2.04. The normalized spacial score (nSPS) is 10.8. The summed E-state index contributed by atoms with van der Waals surface area (Å²) in [6, 6.07) is 7.91. The first-order valence-corrected chi connectivity index (χ1v) is 5.77. The highest BCUT2D eigenvalue weighted by Crippen LogP contribution is 2.16. The molecular weight excluding hydrogens is 200 g/mol. The molecule has 0 aliphatic carbocycles. The SMILES string of the molecule is COCCCC(=O)c1cccc(C(C)C)c1. The van der Waals surface area contributed by atoms with Crippen LogP contribution in [0, 0.1) is 0 Å². The Morgan fingerprint density at radius 1 is 1.38 bits per heavy atom. The van der Waals surface area contributed by atoms with Gasteiger partial charge in [-0.15, -0.1) is 0 Å². The molecule has 0 amide bonds. The molecule has 0 unspecified atom stereocenters. The number of carbonyl (C=O) groups excluding carboxylic acids is 1. The Balaban J connectivity index is 2.64. The van der Waals surface area contributed by atoms with E-state index in [0.717, 1.165) is 12.0 Å². The summed E-state index contributed by atoms with van der Waals surface area (Å²) in [6.07, 6.45) is 1.36. The molecular formula is C14H20O2. The number of benzene rings is 1. The molecule has 0 aromatic heterocycles. The predicted molar refractivity (Wildman–Crippen MR) is 66.0 cm³/mol. The van der Waals surface area contributed by atoms with Crippen LogP contribution in [0.3, 0.4) is 0 Å². The highest BCUT2D eigenvalue weighted by Gasteiger charge is 2.07. The number of hydrogen-bond acceptors (Lipinski definition) is 2. The molecule has 0 N–H and O–H groups in total. The van der Waals surface area contributed by atoms with Gasteiger partial charge in [0.15, 0.2) is 5.78 Å². The molecule has 0 fully saturated rings. The molecule has 0 atom stereocenters. The molecule has 0 aliphatic heterocycles. The van der Waals surface area contributed by atoms with Gasteiger partial charge in [0.2, 0.25) is 0 Å². The van der Waals surface area contributed by atoms with Crippen LogP contribution in [0.15, 0.2) is 24.3 Å². The minimum Gasteiger partial charge on any atom is -0.385 e.